The van der Waals surface area contributed by atoms with Crippen LogP contribution in [0.15, 0.2) is 65.6 Å². The summed E-state index contributed by atoms with van der Waals surface area (Å²) in [4.78, 5) is 12.9. The molecule has 3 rings (SSSR count). The van der Waals surface area contributed by atoms with E-state index < -0.39 is 15.9 Å². The Morgan fingerprint density at radius 1 is 0.875 bits per heavy atom. The largest absolute Gasteiger partial charge is 0.491 e. The molecule has 2 N–H and O–H groups in total. The van der Waals surface area contributed by atoms with Crippen molar-refractivity contribution in [2.24, 2.45) is 0 Å². The van der Waals surface area contributed by atoms with Gasteiger partial charge in [-0.05, 0) is 87.7 Å². The number of nitrogens with one attached hydrogen (secondary N) is 2. The molecule has 0 bridgehead atoms. The van der Waals surface area contributed by atoms with Gasteiger partial charge in [0.05, 0.1) is 11.0 Å². The molecule has 0 heterocycles. The van der Waals surface area contributed by atoms with Crippen LogP contribution in [0.3, 0.4) is 0 Å². The van der Waals surface area contributed by atoms with E-state index in [4.69, 9.17) is 4.74 Å². The summed E-state index contributed by atoms with van der Waals surface area (Å²) in [6.45, 7) is 9.35. The van der Waals surface area contributed by atoms with Crippen LogP contribution in [0.5, 0.6) is 5.75 Å². The number of amides is 1. The lowest BCUT2D eigenvalue weighted by atomic mass is 10.1. The first kappa shape index (κ1) is 23.3. The van der Waals surface area contributed by atoms with Gasteiger partial charge in [0.2, 0.25) is 0 Å². The van der Waals surface area contributed by atoms with Gasteiger partial charge in [-0.25, -0.2) is 8.42 Å². The highest BCUT2D eigenvalue weighted by Gasteiger charge is 2.20. The van der Waals surface area contributed by atoms with Crippen LogP contribution in [-0.4, -0.2) is 20.4 Å². The van der Waals surface area contributed by atoms with Crippen LogP contribution in [0.25, 0.3) is 0 Å². The van der Waals surface area contributed by atoms with Gasteiger partial charge in [0.1, 0.15) is 5.75 Å². The van der Waals surface area contributed by atoms with E-state index in [0.717, 1.165) is 11.1 Å². The van der Waals surface area contributed by atoms with E-state index in [1.165, 1.54) is 6.07 Å². The zero-order chi connectivity index (χ0) is 23.5. The molecule has 0 aliphatic heterocycles. The van der Waals surface area contributed by atoms with Crippen LogP contribution in [0.4, 0.5) is 11.4 Å². The normalized spacial score (nSPS) is 11.3. The van der Waals surface area contributed by atoms with Crippen LogP contribution >= 0.6 is 0 Å². The van der Waals surface area contributed by atoms with Crippen LogP contribution in [0.1, 0.15) is 40.9 Å². The van der Waals surface area contributed by atoms with Crippen molar-refractivity contribution in [1.29, 1.82) is 0 Å². The standard InChI is InChI=1S/C25H28N2O4S/c1-16(2)31-23-8-6-7-21(15-23)26-25(28)20-10-9-19(5)24(14-20)32(29,30)27-22-12-17(3)11-18(4)13-22/h6-16,27H,1-5H3,(H,26,28). The van der Waals surface area contributed by atoms with Gasteiger partial charge in [-0.15, -0.1) is 0 Å². The minimum absolute atomic E-state index is 0.00973. The van der Waals surface area contributed by atoms with Gasteiger partial charge >= 0.3 is 0 Å². The predicted octanol–water partition coefficient (Wildman–Crippen LogP) is 5.45. The maximum absolute atomic E-state index is 13.1. The number of aryl methyl sites for hydroxylation is 3. The number of hydrogen-bond acceptors (Lipinski definition) is 4. The van der Waals surface area contributed by atoms with E-state index in [-0.39, 0.29) is 16.6 Å². The number of sulfonamides is 1. The number of hydrogen-bond donors (Lipinski definition) is 2. The highest BCUT2D eigenvalue weighted by atomic mass is 32.2. The van der Waals surface area contributed by atoms with Gasteiger partial charge in [0.15, 0.2) is 0 Å². The Balaban J connectivity index is 1.85. The Kier molecular flexibility index (Phi) is 6.89. The predicted molar refractivity (Wildman–Crippen MR) is 128 cm³/mol. The van der Waals surface area contributed by atoms with Crippen molar-refractivity contribution in [3.63, 3.8) is 0 Å². The molecule has 0 aliphatic carbocycles. The van der Waals surface area contributed by atoms with Gasteiger partial charge in [0, 0.05) is 23.0 Å². The first-order valence-corrected chi connectivity index (χ1v) is 11.8. The molecular formula is C25H28N2O4S. The molecule has 0 saturated heterocycles. The van der Waals surface area contributed by atoms with Crippen LogP contribution in [0, 0.1) is 20.8 Å². The van der Waals surface area contributed by atoms with E-state index in [0.29, 0.717) is 22.7 Å². The number of anilines is 2. The van der Waals surface area contributed by atoms with Crippen molar-refractivity contribution in [2.45, 2.75) is 45.6 Å². The molecule has 0 aliphatic rings. The molecule has 3 aromatic carbocycles. The molecule has 0 saturated carbocycles. The monoisotopic (exact) mass is 452 g/mol. The Labute approximate surface area is 189 Å². The second-order valence-electron chi connectivity index (χ2n) is 8.11. The van der Waals surface area contributed by atoms with Crippen LogP contribution < -0.4 is 14.8 Å². The molecule has 0 radical (unpaired) electrons. The molecule has 3 aromatic rings. The Bertz CT molecular complexity index is 1230. The second-order valence-corrected chi connectivity index (χ2v) is 9.76. The second kappa shape index (κ2) is 9.44. The first-order valence-electron chi connectivity index (χ1n) is 10.3. The fourth-order valence-corrected chi connectivity index (χ4v) is 4.71. The summed E-state index contributed by atoms with van der Waals surface area (Å²) in [7, 11) is -3.88. The molecular weight excluding hydrogens is 424 g/mol. The molecule has 0 aromatic heterocycles. The lowest BCUT2D eigenvalue weighted by Gasteiger charge is -2.14. The van der Waals surface area contributed by atoms with E-state index in [2.05, 4.69) is 10.0 Å². The summed E-state index contributed by atoms with van der Waals surface area (Å²) in [5, 5.41) is 2.80. The Morgan fingerprint density at radius 3 is 2.22 bits per heavy atom. The molecule has 7 heteroatoms. The fraction of sp³-hybridized carbons (Fsp3) is 0.240. The zero-order valence-corrected chi connectivity index (χ0v) is 19.7. The van der Waals surface area contributed by atoms with Crippen molar-refractivity contribution in [3.05, 3.63) is 82.9 Å². The average Bonchev–Trinajstić information content (AvgIpc) is 2.66. The van der Waals surface area contributed by atoms with E-state index in [1.807, 2.05) is 39.8 Å². The molecule has 32 heavy (non-hydrogen) atoms. The third kappa shape index (κ3) is 5.88. The summed E-state index contributed by atoms with van der Waals surface area (Å²) in [5.74, 6) is 0.233. The quantitative estimate of drug-likeness (QED) is 0.499. The van der Waals surface area contributed by atoms with Crippen LogP contribution in [0.2, 0.25) is 0 Å². The van der Waals surface area contributed by atoms with Gasteiger partial charge in [-0.2, -0.15) is 0 Å². The molecule has 0 unspecified atom stereocenters. The van der Waals surface area contributed by atoms with E-state index >= 15 is 0 Å². The van der Waals surface area contributed by atoms with Gasteiger partial charge < -0.3 is 10.1 Å². The summed E-state index contributed by atoms with van der Waals surface area (Å²) in [5.41, 5.74) is 3.75. The maximum atomic E-state index is 13.1. The smallest absolute Gasteiger partial charge is 0.262 e. The van der Waals surface area contributed by atoms with Gasteiger partial charge in [-0.3, -0.25) is 9.52 Å². The van der Waals surface area contributed by atoms with Crippen molar-refractivity contribution < 1.29 is 17.9 Å². The molecule has 0 atom stereocenters. The number of ether oxygens (including phenoxy) is 1. The summed E-state index contributed by atoms with van der Waals surface area (Å²) in [6.07, 6.45) is 0.00973. The maximum Gasteiger partial charge on any atom is 0.262 e. The summed E-state index contributed by atoms with van der Waals surface area (Å²) in [6, 6.07) is 17.2. The number of benzene rings is 3. The molecule has 6 nitrogen and oxygen atoms in total. The van der Waals surface area contributed by atoms with Crippen molar-refractivity contribution in [3.8, 4) is 5.75 Å². The van der Waals surface area contributed by atoms with Crippen molar-refractivity contribution in [2.75, 3.05) is 10.0 Å². The first-order chi connectivity index (χ1) is 15.0. The number of carbonyl (C=O) groups excluding carboxylic acids is 1. The van der Waals surface area contributed by atoms with E-state index in [9.17, 15) is 13.2 Å². The molecule has 168 valence electrons. The van der Waals surface area contributed by atoms with Gasteiger partial charge in [0.25, 0.3) is 15.9 Å². The van der Waals surface area contributed by atoms with Crippen molar-refractivity contribution in [1.82, 2.24) is 0 Å². The Hall–Kier alpha value is -3.32. The summed E-state index contributed by atoms with van der Waals surface area (Å²) >= 11 is 0. The van der Waals surface area contributed by atoms with E-state index in [1.54, 1.807) is 49.4 Å². The molecule has 0 spiro atoms. The third-order valence-electron chi connectivity index (χ3n) is 4.68. The highest BCUT2D eigenvalue weighted by molar-refractivity contribution is 7.92. The van der Waals surface area contributed by atoms with Crippen LogP contribution in [-0.2, 0) is 10.0 Å². The third-order valence-corrected chi connectivity index (χ3v) is 6.20. The average molecular weight is 453 g/mol. The molecule has 0 fully saturated rings. The Morgan fingerprint density at radius 2 is 1.56 bits per heavy atom. The topological polar surface area (TPSA) is 84.5 Å². The molecule has 1 amide bonds. The minimum Gasteiger partial charge on any atom is -0.491 e. The summed E-state index contributed by atoms with van der Waals surface area (Å²) < 4.78 is 34.4. The highest BCUT2D eigenvalue weighted by Crippen LogP contribution is 2.24. The number of rotatable bonds is 7. The lowest BCUT2D eigenvalue weighted by molar-refractivity contribution is 0.102. The lowest BCUT2D eigenvalue weighted by Crippen LogP contribution is -2.17. The zero-order valence-electron chi connectivity index (χ0n) is 18.9. The van der Waals surface area contributed by atoms with Gasteiger partial charge in [-0.1, -0.05) is 18.2 Å². The number of carbonyl (C=O) groups is 1. The SMILES string of the molecule is Cc1cc(C)cc(NS(=O)(=O)c2cc(C(=O)Nc3cccc(OC(C)C)c3)ccc2C)c1. The fourth-order valence-electron chi connectivity index (χ4n) is 3.40. The van der Waals surface area contributed by atoms with Crippen molar-refractivity contribution >= 4 is 27.3 Å². The minimum atomic E-state index is -3.88.